The van der Waals surface area contributed by atoms with Crippen LogP contribution in [0, 0.1) is 0 Å². The summed E-state index contributed by atoms with van der Waals surface area (Å²) in [5, 5.41) is 2.96. The largest absolute Gasteiger partial charge is 0.344 e. The van der Waals surface area contributed by atoms with Gasteiger partial charge in [0.05, 0.1) is 0 Å². The standard InChI is InChI=1S/C21H23N/c1-22-20-12-16-8-4-2-6-14(16)10-18(20)19-11-15-7-3-5-9-17(15)13-21(19)22/h10-13H,2-9H2,1H3. The minimum absolute atomic E-state index is 1.27. The predicted molar refractivity (Wildman–Crippen MR) is 93.7 cm³/mol. The van der Waals surface area contributed by atoms with E-state index >= 15 is 0 Å². The smallest absolute Gasteiger partial charge is 0.0491 e. The van der Waals surface area contributed by atoms with Gasteiger partial charge in [-0.1, -0.05) is 0 Å². The molecule has 2 aliphatic rings. The Morgan fingerprint density at radius 1 is 0.591 bits per heavy atom. The molecule has 0 spiro atoms. The molecule has 112 valence electrons. The van der Waals surface area contributed by atoms with Gasteiger partial charge in [0, 0.05) is 28.9 Å². The fraction of sp³-hybridized carbons (Fsp3) is 0.429. The molecule has 0 amide bonds. The van der Waals surface area contributed by atoms with Crippen molar-refractivity contribution in [1.29, 1.82) is 0 Å². The Labute approximate surface area is 131 Å². The van der Waals surface area contributed by atoms with E-state index in [1.807, 2.05) is 0 Å². The summed E-state index contributed by atoms with van der Waals surface area (Å²) in [4.78, 5) is 0. The number of aryl methyl sites for hydroxylation is 5. The SMILES string of the molecule is Cn1c2cc3c(cc2c2cc4c(cc21)CCCC4)CCCC3. The summed E-state index contributed by atoms with van der Waals surface area (Å²) in [6.45, 7) is 0. The van der Waals surface area contributed by atoms with Crippen molar-refractivity contribution in [3.8, 4) is 0 Å². The van der Waals surface area contributed by atoms with E-state index in [1.54, 1.807) is 22.3 Å². The Kier molecular flexibility index (Phi) is 2.68. The molecule has 0 saturated heterocycles. The Bertz CT molecular complexity index is 824. The van der Waals surface area contributed by atoms with Gasteiger partial charge in [-0.2, -0.15) is 0 Å². The van der Waals surface area contributed by atoms with Gasteiger partial charge in [0.2, 0.25) is 0 Å². The second kappa shape index (κ2) is 4.62. The molecule has 22 heavy (non-hydrogen) atoms. The minimum atomic E-state index is 1.27. The monoisotopic (exact) mass is 289 g/mol. The van der Waals surface area contributed by atoms with Crippen LogP contribution in [0.3, 0.4) is 0 Å². The first-order valence-electron chi connectivity index (χ1n) is 8.87. The summed E-state index contributed by atoms with van der Waals surface area (Å²) >= 11 is 0. The molecule has 0 saturated carbocycles. The van der Waals surface area contributed by atoms with Crippen molar-refractivity contribution in [3.05, 3.63) is 46.5 Å². The summed E-state index contributed by atoms with van der Waals surface area (Å²) < 4.78 is 2.43. The molecule has 2 aliphatic carbocycles. The van der Waals surface area contributed by atoms with E-state index in [-0.39, 0.29) is 0 Å². The van der Waals surface area contributed by atoms with Crippen molar-refractivity contribution < 1.29 is 0 Å². The minimum Gasteiger partial charge on any atom is -0.344 e. The zero-order valence-electron chi connectivity index (χ0n) is 13.4. The van der Waals surface area contributed by atoms with Crippen molar-refractivity contribution in [2.75, 3.05) is 0 Å². The van der Waals surface area contributed by atoms with E-state index in [4.69, 9.17) is 0 Å². The molecule has 0 aliphatic heterocycles. The van der Waals surface area contributed by atoms with Crippen molar-refractivity contribution in [3.63, 3.8) is 0 Å². The average Bonchev–Trinajstić information content (AvgIpc) is 2.83. The molecule has 1 aromatic heterocycles. The van der Waals surface area contributed by atoms with E-state index in [9.17, 15) is 0 Å². The highest BCUT2D eigenvalue weighted by Gasteiger charge is 2.17. The first-order valence-corrected chi connectivity index (χ1v) is 8.87. The Morgan fingerprint density at radius 2 is 0.955 bits per heavy atom. The molecular weight excluding hydrogens is 266 g/mol. The summed E-state index contributed by atoms with van der Waals surface area (Å²) in [5.41, 5.74) is 9.24. The summed E-state index contributed by atoms with van der Waals surface area (Å²) in [6, 6.07) is 9.95. The van der Waals surface area contributed by atoms with Gasteiger partial charge in [-0.15, -0.1) is 0 Å². The van der Waals surface area contributed by atoms with Crippen LogP contribution in [0.1, 0.15) is 47.9 Å². The normalized spacial score (nSPS) is 17.7. The van der Waals surface area contributed by atoms with Crippen LogP contribution in [0.25, 0.3) is 21.8 Å². The number of fused-ring (bicyclic) bond motifs is 5. The highest BCUT2D eigenvalue weighted by molar-refractivity contribution is 6.09. The third-order valence-corrected chi connectivity index (χ3v) is 5.93. The molecule has 1 heterocycles. The number of aromatic nitrogens is 1. The molecule has 0 unspecified atom stereocenters. The van der Waals surface area contributed by atoms with Crippen molar-refractivity contribution in [1.82, 2.24) is 4.57 Å². The van der Waals surface area contributed by atoms with Gasteiger partial charge in [0.25, 0.3) is 0 Å². The molecule has 1 nitrogen and oxygen atoms in total. The number of hydrogen-bond acceptors (Lipinski definition) is 0. The molecule has 5 rings (SSSR count). The third-order valence-electron chi connectivity index (χ3n) is 5.93. The molecule has 0 bridgehead atoms. The molecule has 0 fully saturated rings. The Hall–Kier alpha value is -1.76. The first-order chi connectivity index (χ1) is 10.8. The second-order valence-corrected chi connectivity index (χ2v) is 7.25. The topological polar surface area (TPSA) is 4.93 Å². The highest BCUT2D eigenvalue weighted by atomic mass is 14.9. The lowest BCUT2D eigenvalue weighted by molar-refractivity contribution is 0.686. The number of hydrogen-bond donors (Lipinski definition) is 0. The van der Waals surface area contributed by atoms with Gasteiger partial charge < -0.3 is 4.57 Å². The summed E-state index contributed by atoms with van der Waals surface area (Å²) in [5.74, 6) is 0. The number of nitrogens with zero attached hydrogens (tertiary/aromatic N) is 1. The predicted octanol–water partition coefficient (Wildman–Crippen LogP) is 5.09. The van der Waals surface area contributed by atoms with Gasteiger partial charge in [0.1, 0.15) is 0 Å². The van der Waals surface area contributed by atoms with Gasteiger partial charge in [-0.05, 0) is 97.9 Å². The zero-order chi connectivity index (χ0) is 14.7. The van der Waals surface area contributed by atoms with Crippen molar-refractivity contribution in [2.45, 2.75) is 51.4 Å². The van der Waals surface area contributed by atoms with E-state index in [0.29, 0.717) is 0 Å². The van der Waals surface area contributed by atoms with Crippen LogP contribution < -0.4 is 0 Å². The Balaban J connectivity index is 1.86. The van der Waals surface area contributed by atoms with Crippen LogP contribution in [-0.4, -0.2) is 4.57 Å². The molecule has 0 radical (unpaired) electrons. The molecule has 2 aromatic carbocycles. The summed E-state index contributed by atoms with van der Waals surface area (Å²) in [6.07, 6.45) is 10.5. The first kappa shape index (κ1) is 12.8. The highest BCUT2D eigenvalue weighted by Crippen LogP contribution is 2.36. The third kappa shape index (κ3) is 1.71. The van der Waals surface area contributed by atoms with Crippen LogP contribution in [-0.2, 0) is 32.7 Å². The maximum atomic E-state index is 2.50. The van der Waals surface area contributed by atoms with Crippen LogP contribution in [0.15, 0.2) is 24.3 Å². The molecule has 0 N–H and O–H groups in total. The fourth-order valence-corrected chi connectivity index (χ4v) is 4.66. The van der Waals surface area contributed by atoms with Crippen LogP contribution >= 0.6 is 0 Å². The number of rotatable bonds is 0. The summed E-state index contributed by atoms with van der Waals surface area (Å²) in [7, 11) is 2.25. The van der Waals surface area contributed by atoms with E-state index < -0.39 is 0 Å². The zero-order valence-corrected chi connectivity index (χ0v) is 13.4. The average molecular weight is 289 g/mol. The van der Waals surface area contributed by atoms with E-state index in [1.165, 1.54) is 73.2 Å². The van der Waals surface area contributed by atoms with Gasteiger partial charge >= 0.3 is 0 Å². The molecular formula is C21H23N. The van der Waals surface area contributed by atoms with E-state index in [0.717, 1.165) is 0 Å². The Morgan fingerprint density at radius 3 is 1.36 bits per heavy atom. The van der Waals surface area contributed by atoms with Crippen LogP contribution in [0.4, 0.5) is 0 Å². The number of benzene rings is 2. The molecule has 1 heteroatoms. The lowest BCUT2D eigenvalue weighted by Gasteiger charge is -2.16. The lowest BCUT2D eigenvalue weighted by atomic mass is 9.88. The van der Waals surface area contributed by atoms with E-state index in [2.05, 4.69) is 35.9 Å². The van der Waals surface area contributed by atoms with Crippen molar-refractivity contribution >= 4 is 21.8 Å². The maximum Gasteiger partial charge on any atom is 0.0491 e. The van der Waals surface area contributed by atoms with Gasteiger partial charge in [-0.3, -0.25) is 0 Å². The van der Waals surface area contributed by atoms with Crippen LogP contribution in [0.5, 0.6) is 0 Å². The van der Waals surface area contributed by atoms with Crippen molar-refractivity contribution in [2.24, 2.45) is 7.05 Å². The molecule has 0 atom stereocenters. The van der Waals surface area contributed by atoms with Crippen LogP contribution in [0.2, 0.25) is 0 Å². The lowest BCUT2D eigenvalue weighted by Crippen LogP contribution is -2.02. The molecule has 3 aromatic rings. The second-order valence-electron chi connectivity index (χ2n) is 7.25. The maximum absolute atomic E-state index is 2.50. The van der Waals surface area contributed by atoms with Gasteiger partial charge in [-0.25, -0.2) is 0 Å². The quantitative estimate of drug-likeness (QED) is 0.543. The van der Waals surface area contributed by atoms with Gasteiger partial charge in [0.15, 0.2) is 0 Å². The fourth-order valence-electron chi connectivity index (χ4n) is 4.66.